The first-order chi connectivity index (χ1) is 21.0. The number of likely N-dealkylation sites (tertiary alicyclic amines) is 1. The molecule has 2 unspecified atom stereocenters. The quantitative estimate of drug-likeness (QED) is 0.0805. The Morgan fingerprint density at radius 3 is 1.93 bits per heavy atom. The molecular weight excluding hydrogens is 534 g/mol. The van der Waals surface area contributed by atoms with Crippen LogP contribution in [-0.2, 0) is 0 Å². The highest BCUT2D eigenvalue weighted by Crippen LogP contribution is 2.36. The fourth-order valence-electron chi connectivity index (χ4n) is 6.19. The van der Waals surface area contributed by atoms with Gasteiger partial charge in [0, 0.05) is 47.8 Å². The molecule has 0 radical (unpaired) electrons. The van der Waals surface area contributed by atoms with Gasteiger partial charge in [-0.25, -0.2) is 0 Å². The zero-order valence-electron chi connectivity index (χ0n) is 24.7. The van der Waals surface area contributed by atoms with Crippen LogP contribution in [0.4, 0.5) is 0 Å². The van der Waals surface area contributed by atoms with Crippen molar-refractivity contribution >= 4 is 11.7 Å². The second-order valence-electron chi connectivity index (χ2n) is 11.5. The van der Waals surface area contributed by atoms with Gasteiger partial charge in [-0.15, -0.1) is 0 Å². The van der Waals surface area contributed by atoms with E-state index in [-0.39, 0.29) is 36.4 Å². The zero-order valence-corrected chi connectivity index (χ0v) is 24.7. The number of azide groups is 1. The molecule has 0 aliphatic carbocycles. The van der Waals surface area contributed by atoms with E-state index in [9.17, 15) is 15.1 Å². The van der Waals surface area contributed by atoms with Gasteiger partial charge in [-0.1, -0.05) is 128 Å². The van der Waals surface area contributed by atoms with Crippen molar-refractivity contribution in [1.29, 1.82) is 0 Å². The van der Waals surface area contributed by atoms with Gasteiger partial charge in [-0.3, -0.25) is 14.5 Å². The Bertz CT molecular complexity index is 1530. The largest absolute Gasteiger partial charge is 0.334 e. The third kappa shape index (κ3) is 6.86. The number of rotatable bonds is 11. The molecule has 1 aliphatic rings. The van der Waals surface area contributed by atoms with Crippen LogP contribution < -0.4 is 0 Å². The number of carbonyl (C=O) groups is 2. The average molecular weight is 572 g/mol. The number of hydrogen-bond acceptors (Lipinski definition) is 4. The minimum absolute atomic E-state index is 0.00708. The minimum atomic E-state index is -0.296. The Kier molecular flexibility index (Phi) is 9.67. The van der Waals surface area contributed by atoms with Gasteiger partial charge in [-0.2, -0.15) is 0 Å². The van der Waals surface area contributed by atoms with Crippen LogP contribution in [0.25, 0.3) is 10.4 Å². The first kappa shape index (κ1) is 29.8. The summed E-state index contributed by atoms with van der Waals surface area (Å²) < 4.78 is 0. The Hall–Kier alpha value is -4.71. The topological polar surface area (TPSA) is 89.4 Å². The maximum atomic E-state index is 14.3. The fraction of sp³-hybridized carbons (Fsp3) is 0.278. The van der Waals surface area contributed by atoms with E-state index in [1.807, 2.05) is 35.2 Å². The molecule has 0 N–H and O–H groups in total. The minimum Gasteiger partial charge on any atom is -0.334 e. The van der Waals surface area contributed by atoms with Crippen molar-refractivity contribution in [3.8, 4) is 0 Å². The molecule has 2 atom stereocenters. The molecule has 0 bridgehead atoms. The summed E-state index contributed by atoms with van der Waals surface area (Å²) >= 11 is 0. The number of nitrogens with zero attached hydrogens (tertiary/aromatic N) is 5. The average Bonchev–Trinajstić information content (AvgIpc) is 3.48. The first-order valence-electron chi connectivity index (χ1n) is 14.8. The fourth-order valence-corrected chi connectivity index (χ4v) is 6.19. The van der Waals surface area contributed by atoms with Gasteiger partial charge < -0.3 is 4.90 Å². The summed E-state index contributed by atoms with van der Waals surface area (Å²) in [5, 5.41) is 3.90. The van der Waals surface area contributed by atoms with Crippen molar-refractivity contribution in [3.63, 3.8) is 0 Å². The smallest absolute Gasteiger partial charge is 0.254 e. The van der Waals surface area contributed by atoms with Crippen molar-refractivity contribution in [2.75, 3.05) is 19.6 Å². The predicted octanol–water partition coefficient (Wildman–Crippen LogP) is 7.56. The molecule has 1 heterocycles. The summed E-state index contributed by atoms with van der Waals surface area (Å²) in [6.07, 6.45) is 0.655. The van der Waals surface area contributed by atoms with E-state index in [1.54, 1.807) is 36.4 Å². The highest BCUT2D eigenvalue weighted by atomic mass is 16.2. The molecule has 0 aromatic heterocycles. The van der Waals surface area contributed by atoms with Crippen LogP contribution in [0.3, 0.4) is 0 Å². The molecule has 4 aromatic rings. The van der Waals surface area contributed by atoms with Gasteiger partial charge in [-0.05, 0) is 35.1 Å². The van der Waals surface area contributed by atoms with E-state index < -0.39 is 0 Å². The van der Waals surface area contributed by atoms with Crippen LogP contribution in [0, 0.1) is 5.92 Å². The summed E-state index contributed by atoms with van der Waals surface area (Å²) in [6, 6.07) is 36.7. The Labute approximate surface area is 253 Å². The highest BCUT2D eigenvalue weighted by molar-refractivity contribution is 6.15. The van der Waals surface area contributed by atoms with Gasteiger partial charge in [0.15, 0.2) is 5.78 Å². The van der Waals surface area contributed by atoms with E-state index in [1.165, 1.54) is 11.1 Å². The lowest BCUT2D eigenvalue weighted by Gasteiger charge is -2.38. The van der Waals surface area contributed by atoms with E-state index in [0.717, 1.165) is 6.54 Å². The molecular formula is C36H37N5O2. The number of carbonyl (C=O) groups excluding carboxylic acids is 2. The molecule has 1 aliphatic heterocycles. The van der Waals surface area contributed by atoms with Crippen LogP contribution in [0.2, 0.25) is 0 Å². The molecule has 5 rings (SSSR count). The highest BCUT2D eigenvalue weighted by Gasteiger charge is 2.41. The first-order valence-corrected chi connectivity index (χ1v) is 14.8. The molecule has 218 valence electrons. The molecule has 7 nitrogen and oxygen atoms in total. The lowest BCUT2D eigenvalue weighted by atomic mass is 9.94. The van der Waals surface area contributed by atoms with E-state index in [0.29, 0.717) is 35.6 Å². The maximum Gasteiger partial charge on any atom is 0.254 e. The number of amides is 1. The number of ketones is 1. The molecule has 0 saturated carbocycles. The van der Waals surface area contributed by atoms with Gasteiger partial charge in [0.1, 0.15) is 0 Å². The Morgan fingerprint density at radius 1 is 0.837 bits per heavy atom. The van der Waals surface area contributed by atoms with Crippen LogP contribution in [0.15, 0.2) is 120 Å². The van der Waals surface area contributed by atoms with Crippen molar-refractivity contribution in [2.45, 2.75) is 38.4 Å². The summed E-state index contributed by atoms with van der Waals surface area (Å²) in [4.78, 5) is 35.1. The van der Waals surface area contributed by atoms with Crippen molar-refractivity contribution < 1.29 is 9.59 Å². The molecule has 1 saturated heterocycles. The normalized spacial score (nSPS) is 16.4. The molecule has 4 aromatic carbocycles. The summed E-state index contributed by atoms with van der Waals surface area (Å²) in [5.41, 5.74) is 12.8. The van der Waals surface area contributed by atoms with Crippen LogP contribution in [-0.4, -0.2) is 53.2 Å². The molecule has 1 amide bonds. The molecule has 43 heavy (non-hydrogen) atoms. The van der Waals surface area contributed by atoms with Crippen molar-refractivity contribution in [3.05, 3.63) is 154 Å². The maximum absolute atomic E-state index is 14.3. The van der Waals surface area contributed by atoms with Crippen LogP contribution >= 0.6 is 0 Å². The zero-order chi connectivity index (χ0) is 30.2. The summed E-state index contributed by atoms with van der Waals surface area (Å²) in [6.45, 7) is 5.87. The predicted molar refractivity (Wildman–Crippen MR) is 170 cm³/mol. The van der Waals surface area contributed by atoms with E-state index in [4.69, 9.17) is 0 Å². The van der Waals surface area contributed by atoms with Crippen LogP contribution in [0.5, 0.6) is 0 Å². The molecule has 1 fully saturated rings. The van der Waals surface area contributed by atoms with Gasteiger partial charge in [0.05, 0.1) is 11.6 Å². The second kappa shape index (κ2) is 14.0. The van der Waals surface area contributed by atoms with Gasteiger partial charge in [0.25, 0.3) is 5.91 Å². The SMILES string of the molecule is CC(C)CN(C1CC(CN=[N+]=[N-])N(C(=O)c2ccccc2C(=O)c2ccccc2)C1)C(c1ccccc1)c1ccccc1. The standard InChI is InChI=1S/C36H37N5O2/c1-26(2)24-40(34(27-14-6-3-7-15-27)28-16-8-4-9-17-28)31-22-30(23-38-39-37)41(25-31)36(43)33-21-13-12-20-32(33)35(42)29-18-10-5-11-19-29/h3-21,26,30-31,34H,22-25H2,1-2H3. The lowest BCUT2D eigenvalue weighted by Crippen LogP contribution is -2.43. The Morgan fingerprint density at radius 2 is 1.37 bits per heavy atom. The number of benzene rings is 4. The lowest BCUT2D eigenvalue weighted by molar-refractivity contribution is 0.0716. The van der Waals surface area contributed by atoms with Crippen molar-refractivity contribution in [2.24, 2.45) is 11.0 Å². The third-order valence-electron chi connectivity index (χ3n) is 8.05. The van der Waals surface area contributed by atoms with Gasteiger partial charge in [0.2, 0.25) is 0 Å². The Balaban J connectivity index is 1.52. The van der Waals surface area contributed by atoms with Gasteiger partial charge >= 0.3 is 0 Å². The second-order valence-corrected chi connectivity index (χ2v) is 11.5. The molecule has 7 heteroatoms. The van der Waals surface area contributed by atoms with E-state index >= 15 is 0 Å². The summed E-state index contributed by atoms with van der Waals surface area (Å²) in [5.74, 6) is -0.0398. The van der Waals surface area contributed by atoms with Crippen LogP contribution in [0.1, 0.15) is 63.7 Å². The van der Waals surface area contributed by atoms with E-state index in [2.05, 4.69) is 77.3 Å². The number of hydrogen-bond donors (Lipinski definition) is 0. The third-order valence-corrected chi connectivity index (χ3v) is 8.05. The summed E-state index contributed by atoms with van der Waals surface area (Å²) in [7, 11) is 0. The molecule has 0 spiro atoms. The van der Waals surface area contributed by atoms with Crippen molar-refractivity contribution in [1.82, 2.24) is 9.80 Å². The monoisotopic (exact) mass is 571 g/mol.